The highest BCUT2D eigenvalue weighted by Crippen LogP contribution is 2.40. The second-order valence-corrected chi connectivity index (χ2v) is 9.94. The summed E-state index contributed by atoms with van der Waals surface area (Å²) in [4.78, 5) is 13.4. The first-order valence-electron chi connectivity index (χ1n) is 9.29. The van der Waals surface area contributed by atoms with Crippen LogP contribution in [0.15, 0.2) is 12.1 Å². The maximum absolute atomic E-state index is 14.3. The van der Waals surface area contributed by atoms with Gasteiger partial charge in [-0.15, -0.1) is 0 Å². The highest BCUT2D eigenvalue weighted by molar-refractivity contribution is 7.89. The van der Waals surface area contributed by atoms with Gasteiger partial charge >= 0.3 is 6.18 Å². The monoisotopic (exact) mass is 472 g/mol. The van der Waals surface area contributed by atoms with Crippen LogP contribution in [0.2, 0.25) is 5.02 Å². The number of halogens is 5. The Bertz CT molecular complexity index is 911. The zero-order chi connectivity index (χ0) is 22.3. The van der Waals surface area contributed by atoms with E-state index in [0.29, 0.717) is 25.7 Å². The Morgan fingerprint density at radius 3 is 2.40 bits per heavy atom. The number of piperidine rings is 1. The van der Waals surface area contributed by atoms with Gasteiger partial charge in [-0.3, -0.25) is 9.69 Å². The van der Waals surface area contributed by atoms with Crippen LogP contribution in [0.1, 0.15) is 36.0 Å². The summed E-state index contributed by atoms with van der Waals surface area (Å²) in [7, 11) is -3.87. The molecule has 2 heterocycles. The van der Waals surface area contributed by atoms with Crippen molar-refractivity contribution < 1.29 is 35.5 Å². The van der Waals surface area contributed by atoms with Gasteiger partial charge in [0.05, 0.1) is 30.0 Å². The molecule has 0 saturated carbocycles. The van der Waals surface area contributed by atoms with Crippen molar-refractivity contribution in [2.24, 2.45) is 5.92 Å². The SMILES string of the molecule is CS(=O)(=O)NC(=O)c1cc(Cl)c(OCC2CC3CCC(C2)N3CC(F)(F)F)cc1F. The lowest BCUT2D eigenvalue weighted by molar-refractivity contribution is -0.157. The van der Waals surface area contributed by atoms with Gasteiger partial charge in [0, 0.05) is 18.2 Å². The first kappa shape index (κ1) is 23.1. The highest BCUT2D eigenvalue weighted by Gasteiger charge is 2.45. The van der Waals surface area contributed by atoms with Gasteiger partial charge in [-0.25, -0.2) is 17.5 Å². The molecular weight excluding hydrogens is 452 g/mol. The van der Waals surface area contributed by atoms with Crippen LogP contribution in [0.3, 0.4) is 0 Å². The van der Waals surface area contributed by atoms with Gasteiger partial charge < -0.3 is 4.74 Å². The lowest BCUT2D eigenvalue weighted by atomic mass is 9.91. The molecule has 30 heavy (non-hydrogen) atoms. The molecule has 2 fully saturated rings. The quantitative estimate of drug-likeness (QED) is 0.643. The fraction of sp³-hybridized carbons (Fsp3) is 0.611. The molecule has 2 saturated heterocycles. The summed E-state index contributed by atoms with van der Waals surface area (Å²) in [5.41, 5.74) is -0.545. The van der Waals surface area contributed by atoms with Crippen molar-refractivity contribution >= 4 is 27.5 Å². The fourth-order valence-corrected chi connectivity index (χ4v) is 4.90. The number of carbonyl (C=O) groups excluding carboxylic acids is 1. The molecular formula is C18H21ClF4N2O4S. The third-order valence-corrected chi connectivity index (χ3v) is 6.21. The molecule has 2 atom stereocenters. The van der Waals surface area contributed by atoms with Gasteiger partial charge in [-0.2, -0.15) is 13.2 Å². The molecule has 0 aliphatic carbocycles. The number of fused-ring (bicyclic) bond motifs is 2. The van der Waals surface area contributed by atoms with Crippen molar-refractivity contribution in [2.75, 3.05) is 19.4 Å². The van der Waals surface area contributed by atoms with Crippen molar-refractivity contribution in [3.05, 3.63) is 28.5 Å². The maximum Gasteiger partial charge on any atom is 0.401 e. The Hall–Kier alpha value is -1.59. The average molecular weight is 473 g/mol. The number of alkyl halides is 3. The minimum Gasteiger partial charge on any atom is -0.492 e. The van der Waals surface area contributed by atoms with E-state index in [1.54, 1.807) is 4.72 Å². The van der Waals surface area contributed by atoms with Gasteiger partial charge in [-0.1, -0.05) is 11.6 Å². The number of amides is 1. The van der Waals surface area contributed by atoms with Gasteiger partial charge in [0.15, 0.2) is 0 Å². The Morgan fingerprint density at radius 1 is 1.27 bits per heavy atom. The van der Waals surface area contributed by atoms with Crippen LogP contribution >= 0.6 is 11.6 Å². The second kappa shape index (κ2) is 8.51. The number of benzene rings is 1. The molecule has 1 aromatic carbocycles. The number of hydrogen-bond donors (Lipinski definition) is 1. The zero-order valence-corrected chi connectivity index (χ0v) is 17.6. The fourth-order valence-electron chi connectivity index (χ4n) is 4.23. The van der Waals surface area contributed by atoms with Crippen LogP contribution < -0.4 is 9.46 Å². The maximum atomic E-state index is 14.3. The number of nitrogens with zero attached hydrogens (tertiary/aromatic N) is 1. The van der Waals surface area contributed by atoms with Crippen LogP contribution in [-0.4, -0.2) is 56.9 Å². The largest absolute Gasteiger partial charge is 0.492 e. The van der Waals surface area contributed by atoms with E-state index >= 15 is 0 Å². The molecule has 2 aliphatic heterocycles. The summed E-state index contributed by atoms with van der Waals surface area (Å²) in [6.45, 7) is -0.759. The molecule has 2 bridgehead atoms. The van der Waals surface area contributed by atoms with Crippen molar-refractivity contribution in [3.63, 3.8) is 0 Å². The molecule has 0 aromatic heterocycles. The number of rotatable bonds is 6. The minimum absolute atomic E-state index is 0.000629. The molecule has 1 amide bonds. The molecule has 1 N–H and O–H groups in total. The van der Waals surface area contributed by atoms with Crippen LogP contribution in [0, 0.1) is 11.7 Å². The predicted molar refractivity (Wildman–Crippen MR) is 102 cm³/mol. The normalized spacial score (nSPS) is 24.7. The summed E-state index contributed by atoms with van der Waals surface area (Å²) in [5, 5.41) is -0.0764. The predicted octanol–water partition coefficient (Wildman–Crippen LogP) is 3.35. The van der Waals surface area contributed by atoms with Crippen molar-refractivity contribution in [1.29, 1.82) is 0 Å². The number of carbonyl (C=O) groups is 1. The molecule has 2 aliphatic rings. The molecule has 0 radical (unpaired) electrons. The second-order valence-electron chi connectivity index (χ2n) is 7.79. The Balaban J connectivity index is 1.62. The molecule has 0 spiro atoms. The molecule has 12 heteroatoms. The van der Waals surface area contributed by atoms with E-state index in [0.717, 1.165) is 18.4 Å². The minimum atomic E-state index is -4.24. The van der Waals surface area contributed by atoms with Crippen molar-refractivity contribution in [2.45, 2.75) is 43.9 Å². The number of sulfonamides is 1. The highest BCUT2D eigenvalue weighted by atomic mass is 35.5. The van der Waals surface area contributed by atoms with E-state index in [1.165, 1.54) is 4.90 Å². The smallest absolute Gasteiger partial charge is 0.401 e. The Kier molecular flexibility index (Phi) is 6.54. The number of nitrogens with one attached hydrogen (secondary N) is 1. The van der Waals surface area contributed by atoms with Crippen LogP contribution in [-0.2, 0) is 10.0 Å². The van der Waals surface area contributed by atoms with Crippen molar-refractivity contribution in [1.82, 2.24) is 9.62 Å². The third kappa shape index (κ3) is 5.76. The van der Waals surface area contributed by atoms with E-state index in [2.05, 4.69) is 0 Å². The van der Waals surface area contributed by atoms with Crippen LogP contribution in [0.4, 0.5) is 17.6 Å². The first-order valence-corrected chi connectivity index (χ1v) is 11.6. The van der Waals surface area contributed by atoms with E-state index in [-0.39, 0.29) is 35.4 Å². The summed E-state index contributed by atoms with van der Waals surface area (Å²) in [6, 6.07) is 1.55. The molecule has 6 nitrogen and oxygen atoms in total. The first-order chi connectivity index (χ1) is 13.8. The van der Waals surface area contributed by atoms with E-state index in [1.807, 2.05) is 0 Å². The zero-order valence-electron chi connectivity index (χ0n) is 16.0. The Morgan fingerprint density at radius 2 is 1.87 bits per heavy atom. The van der Waals surface area contributed by atoms with Gasteiger partial charge in [0.25, 0.3) is 5.91 Å². The lowest BCUT2D eigenvalue weighted by Crippen LogP contribution is -2.48. The summed E-state index contributed by atoms with van der Waals surface area (Å²) in [6.07, 6.45) is -0.980. The van der Waals surface area contributed by atoms with Crippen LogP contribution in [0.25, 0.3) is 0 Å². The number of hydrogen-bond acceptors (Lipinski definition) is 5. The Labute approximate surface area is 176 Å². The van der Waals surface area contributed by atoms with Crippen LogP contribution in [0.5, 0.6) is 5.75 Å². The van der Waals surface area contributed by atoms with Gasteiger partial charge in [0.1, 0.15) is 11.6 Å². The summed E-state index contributed by atoms with van der Waals surface area (Å²) < 4.78 is 82.1. The number of ether oxygens (including phenoxy) is 1. The van der Waals surface area contributed by atoms with E-state index < -0.39 is 40.0 Å². The van der Waals surface area contributed by atoms with E-state index in [9.17, 15) is 30.8 Å². The molecule has 1 aromatic rings. The van der Waals surface area contributed by atoms with Gasteiger partial charge in [0.2, 0.25) is 10.0 Å². The summed E-state index contributed by atoms with van der Waals surface area (Å²) >= 11 is 6.05. The topological polar surface area (TPSA) is 75.7 Å². The molecule has 3 rings (SSSR count). The lowest BCUT2D eigenvalue weighted by Gasteiger charge is -2.39. The average Bonchev–Trinajstić information content (AvgIpc) is 2.82. The third-order valence-electron chi connectivity index (χ3n) is 5.36. The molecule has 2 unspecified atom stereocenters. The summed E-state index contributed by atoms with van der Waals surface area (Å²) in [5.74, 6) is -2.18. The molecule has 168 valence electrons. The van der Waals surface area contributed by atoms with Gasteiger partial charge in [-0.05, 0) is 37.7 Å². The van der Waals surface area contributed by atoms with Crippen molar-refractivity contribution in [3.8, 4) is 5.75 Å². The van der Waals surface area contributed by atoms with E-state index in [4.69, 9.17) is 16.3 Å². The standard InChI is InChI=1S/C18H21ClF4N2O4S/c1-30(27,28)24-17(26)13-6-14(19)16(7-15(13)20)29-8-10-4-11-2-3-12(5-10)25(11)9-18(21,22)23/h6-7,10-12H,2-5,8-9H2,1H3,(H,24,26).